The Balaban J connectivity index is 2.39. The fourth-order valence-corrected chi connectivity index (χ4v) is 1.98. The van der Waals surface area contributed by atoms with Crippen molar-refractivity contribution in [1.82, 2.24) is 14.5 Å². The van der Waals surface area contributed by atoms with E-state index in [0.29, 0.717) is 5.88 Å². The maximum absolute atomic E-state index is 5.92. The first-order valence-corrected chi connectivity index (χ1v) is 5.90. The summed E-state index contributed by atoms with van der Waals surface area (Å²) in [6, 6.07) is 8.16. The van der Waals surface area contributed by atoms with Crippen LogP contribution in [-0.2, 0) is 12.4 Å². The average molecular weight is 238 g/mol. The molecule has 2 aromatic rings. The van der Waals surface area contributed by atoms with Gasteiger partial charge in [0.25, 0.3) is 0 Å². The Hall–Kier alpha value is -1.06. The van der Waals surface area contributed by atoms with Crippen molar-refractivity contribution in [2.75, 3.05) is 20.6 Å². The molecule has 0 radical (unpaired) electrons. The molecule has 1 heterocycles. The van der Waals surface area contributed by atoms with Gasteiger partial charge in [0.05, 0.1) is 16.9 Å². The van der Waals surface area contributed by atoms with Crippen LogP contribution in [0.5, 0.6) is 0 Å². The van der Waals surface area contributed by atoms with E-state index in [9.17, 15) is 0 Å². The van der Waals surface area contributed by atoms with Gasteiger partial charge in [0.1, 0.15) is 5.82 Å². The number of alkyl halides is 1. The van der Waals surface area contributed by atoms with Gasteiger partial charge in [0, 0.05) is 13.1 Å². The summed E-state index contributed by atoms with van der Waals surface area (Å²) in [6.07, 6.45) is 0. The molecule has 0 saturated carbocycles. The highest BCUT2D eigenvalue weighted by molar-refractivity contribution is 6.16. The predicted molar refractivity (Wildman–Crippen MR) is 67.8 cm³/mol. The molecule has 16 heavy (non-hydrogen) atoms. The zero-order valence-electron chi connectivity index (χ0n) is 9.65. The van der Waals surface area contributed by atoms with Gasteiger partial charge < -0.3 is 9.47 Å². The fraction of sp³-hybridized carbons (Fsp3) is 0.417. The number of hydrogen-bond donors (Lipinski definition) is 0. The first-order valence-electron chi connectivity index (χ1n) is 5.37. The van der Waals surface area contributed by atoms with Crippen LogP contribution in [0.15, 0.2) is 24.3 Å². The highest BCUT2D eigenvalue weighted by Gasteiger charge is 2.08. The lowest BCUT2D eigenvalue weighted by Crippen LogP contribution is -2.19. The number of nitrogens with zero attached hydrogens (tertiary/aromatic N) is 3. The third-order valence-corrected chi connectivity index (χ3v) is 2.86. The van der Waals surface area contributed by atoms with Gasteiger partial charge in [-0.05, 0) is 26.2 Å². The maximum Gasteiger partial charge on any atom is 0.124 e. The topological polar surface area (TPSA) is 21.1 Å². The van der Waals surface area contributed by atoms with Gasteiger partial charge in [-0.2, -0.15) is 0 Å². The van der Waals surface area contributed by atoms with Crippen LogP contribution in [0.2, 0.25) is 0 Å². The monoisotopic (exact) mass is 237 g/mol. The Morgan fingerprint density at radius 3 is 2.75 bits per heavy atom. The number of aromatic nitrogens is 2. The first kappa shape index (κ1) is 11.4. The molecule has 4 heteroatoms. The van der Waals surface area contributed by atoms with Crippen LogP contribution >= 0.6 is 11.6 Å². The lowest BCUT2D eigenvalue weighted by molar-refractivity contribution is 0.384. The van der Waals surface area contributed by atoms with Crippen molar-refractivity contribution in [2.24, 2.45) is 0 Å². The minimum Gasteiger partial charge on any atom is -0.326 e. The number of benzene rings is 1. The molecule has 0 unspecified atom stereocenters. The number of rotatable bonds is 4. The molecule has 0 amide bonds. The van der Waals surface area contributed by atoms with Gasteiger partial charge in [-0.1, -0.05) is 12.1 Å². The van der Waals surface area contributed by atoms with Crippen LogP contribution in [0.3, 0.4) is 0 Å². The van der Waals surface area contributed by atoms with E-state index in [1.165, 1.54) is 5.52 Å². The molecular formula is C12H16ClN3. The van der Waals surface area contributed by atoms with Crippen LogP contribution in [0, 0.1) is 0 Å². The van der Waals surface area contributed by atoms with Crippen molar-refractivity contribution < 1.29 is 0 Å². The maximum atomic E-state index is 5.92. The molecule has 0 atom stereocenters. The van der Waals surface area contributed by atoms with E-state index >= 15 is 0 Å². The number of imidazole rings is 1. The molecule has 1 aromatic heterocycles. The fourth-order valence-electron chi connectivity index (χ4n) is 1.78. The van der Waals surface area contributed by atoms with Crippen molar-refractivity contribution in [2.45, 2.75) is 12.4 Å². The molecule has 1 aromatic carbocycles. The van der Waals surface area contributed by atoms with Crippen molar-refractivity contribution in [3.05, 3.63) is 30.1 Å². The average Bonchev–Trinajstić information content (AvgIpc) is 2.64. The van der Waals surface area contributed by atoms with E-state index in [-0.39, 0.29) is 0 Å². The minimum atomic E-state index is 0.460. The summed E-state index contributed by atoms with van der Waals surface area (Å²) in [6.45, 7) is 1.92. The molecule has 0 aliphatic rings. The highest BCUT2D eigenvalue weighted by atomic mass is 35.5. The quantitative estimate of drug-likeness (QED) is 0.762. The van der Waals surface area contributed by atoms with Crippen molar-refractivity contribution >= 4 is 22.6 Å². The Morgan fingerprint density at radius 2 is 2.06 bits per heavy atom. The van der Waals surface area contributed by atoms with E-state index in [4.69, 9.17) is 11.6 Å². The number of halogens is 1. The zero-order valence-corrected chi connectivity index (χ0v) is 10.4. The summed E-state index contributed by atoms with van der Waals surface area (Å²) >= 11 is 5.92. The largest absolute Gasteiger partial charge is 0.326 e. The molecule has 0 aliphatic heterocycles. The van der Waals surface area contributed by atoms with Crippen LogP contribution in [-0.4, -0.2) is 35.1 Å². The Labute approximate surface area is 101 Å². The van der Waals surface area contributed by atoms with Gasteiger partial charge in [0.15, 0.2) is 0 Å². The van der Waals surface area contributed by atoms with E-state index in [0.717, 1.165) is 24.4 Å². The zero-order chi connectivity index (χ0) is 11.5. The van der Waals surface area contributed by atoms with Crippen LogP contribution in [0.1, 0.15) is 5.82 Å². The van der Waals surface area contributed by atoms with E-state index in [1.54, 1.807) is 0 Å². The Kier molecular flexibility index (Phi) is 3.46. The third kappa shape index (κ3) is 2.20. The summed E-state index contributed by atoms with van der Waals surface area (Å²) in [4.78, 5) is 6.68. The lowest BCUT2D eigenvalue weighted by Gasteiger charge is -2.12. The Bertz CT molecular complexity index is 476. The standard InChI is InChI=1S/C12H16ClN3/c1-15(2)7-8-16-11-6-4-3-5-10(11)14-12(16)9-13/h3-6H,7-9H2,1-2H3. The second kappa shape index (κ2) is 4.85. The lowest BCUT2D eigenvalue weighted by atomic mass is 10.3. The molecule has 86 valence electrons. The van der Waals surface area contributed by atoms with Gasteiger partial charge in [-0.3, -0.25) is 0 Å². The smallest absolute Gasteiger partial charge is 0.124 e. The second-order valence-electron chi connectivity index (χ2n) is 4.11. The molecule has 0 saturated heterocycles. The van der Waals surface area contributed by atoms with Crippen molar-refractivity contribution in [3.63, 3.8) is 0 Å². The van der Waals surface area contributed by atoms with Crippen molar-refractivity contribution in [3.8, 4) is 0 Å². The van der Waals surface area contributed by atoms with E-state index < -0.39 is 0 Å². The van der Waals surface area contributed by atoms with Crippen LogP contribution < -0.4 is 0 Å². The van der Waals surface area contributed by atoms with Gasteiger partial charge in [-0.25, -0.2) is 4.98 Å². The molecule has 0 N–H and O–H groups in total. The third-order valence-electron chi connectivity index (χ3n) is 2.62. The number of para-hydroxylation sites is 2. The molecule has 0 aliphatic carbocycles. The molecule has 3 nitrogen and oxygen atoms in total. The summed E-state index contributed by atoms with van der Waals surface area (Å²) in [7, 11) is 4.14. The van der Waals surface area contributed by atoms with Gasteiger partial charge in [-0.15, -0.1) is 11.6 Å². The number of hydrogen-bond acceptors (Lipinski definition) is 2. The molecule has 2 rings (SSSR count). The normalized spacial score (nSPS) is 11.5. The minimum absolute atomic E-state index is 0.460. The SMILES string of the molecule is CN(C)CCn1c(CCl)nc2ccccc21. The summed E-state index contributed by atoms with van der Waals surface area (Å²) in [5.41, 5.74) is 2.19. The Morgan fingerprint density at radius 1 is 1.31 bits per heavy atom. The van der Waals surface area contributed by atoms with Crippen molar-refractivity contribution in [1.29, 1.82) is 0 Å². The summed E-state index contributed by atoms with van der Waals surface area (Å²) in [5.74, 6) is 1.41. The predicted octanol–water partition coefficient (Wildman–Crippen LogP) is 2.34. The van der Waals surface area contributed by atoms with Crippen LogP contribution in [0.25, 0.3) is 11.0 Å². The highest BCUT2D eigenvalue weighted by Crippen LogP contribution is 2.17. The van der Waals surface area contributed by atoms with E-state index in [2.05, 4.69) is 34.6 Å². The van der Waals surface area contributed by atoms with Gasteiger partial charge >= 0.3 is 0 Å². The summed E-state index contributed by atoms with van der Waals surface area (Å²) < 4.78 is 2.20. The molecular weight excluding hydrogens is 222 g/mol. The molecule has 0 spiro atoms. The van der Waals surface area contributed by atoms with Crippen LogP contribution in [0.4, 0.5) is 0 Å². The number of fused-ring (bicyclic) bond motifs is 1. The molecule has 0 fully saturated rings. The number of likely N-dealkylation sites (N-methyl/N-ethyl adjacent to an activating group) is 1. The van der Waals surface area contributed by atoms with E-state index in [1.807, 2.05) is 18.2 Å². The summed E-state index contributed by atoms with van der Waals surface area (Å²) in [5, 5.41) is 0. The molecule has 0 bridgehead atoms. The first-order chi connectivity index (χ1) is 7.72. The second-order valence-corrected chi connectivity index (χ2v) is 4.37. The van der Waals surface area contributed by atoms with Gasteiger partial charge in [0.2, 0.25) is 0 Å².